The molecule has 2 aliphatic rings. The molecule has 6 nitrogen and oxygen atoms in total. The van der Waals surface area contributed by atoms with Gasteiger partial charge in [0.1, 0.15) is 5.75 Å². The van der Waals surface area contributed by atoms with Crippen molar-refractivity contribution in [2.75, 3.05) is 30.4 Å². The highest BCUT2D eigenvalue weighted by molar-refractivity contribution is 5.96. The lowest BCUT2D eigenvalue weighted by Gasteiger charge is -2.29. The average molecular weight is 403 g/mol. The number of fused-ring (bicyclic) bond motifs is 2. The molecule has 2 aliphatic heterocycles. The van der Waals surface area contributed by atoms with E-state index in [1.807, 2.05) is 36.4 Å². The molecule has 154 valence electrons. The molecule has 30 heavy (non-hydrogen) atoms. The van der Waals surface area contributed by atoms with E-state index in [9.17, 15) is 9.59 Å². The van der Waals surface area contributed by atoms with Crippen LogP contribution in [0.2, 0.25) is 0 Å². The van der Waals surface area contributed by atoms with Crippen LogP contribution in [0.3, 0.4) is 0 Å². The van der Waals surface area contributed by atoms with Crippen LogP contribution in [0, 0.1) is 0 Å². The molecule has 0 spiro atoms. The zero-order chi connectivity index (χ0) is 20.8. The SMILES string of the molecule is COc1cc2c(cc1N1CCCC1)C(c1cc3ccccc3n(C)c1=O)CC(=O)N2. The van der Waals surface area contributed by atoms with Gasteiger partial charge in [0.25, 0.3) is 5.56 Å². The zero-order valence-corrected chi connectivity index (χ0v) is 17.3. The number of methoxy groups -OCH3 is 1. The summed E-state index contributed by atoms with van der Waals surface area (Å²) < 4.78 is 7.32. The van der Waals surface area contributed by atoms with Crippen LogP contribution in [0.25, 0.3) is 10.9 Å². The summed E-state index contributed by atoms with van der Waals surface area (Å²) in [6.45, 7) is 1.98. The van der Waals surface area contributed by atoms with Gasteiger partial charge in [-0.3, -0.25) is 9.59 Å². The highest BCUT2D eigenvalue weighted by Crippen LogP contribution is 2.43. The summed E-state index contributed by atoms with van der Waals surface area (Å²) in [7, 11) is 3.45. The molecule has 0 aliphatic carbocycles. The van der Waals surface area contributed by atoms with Gasteiger partial charge in [-0.15, -0.1) is 0 Å². The minimum Gasteiger partial charge on any atom is -0.495 e. The number of nitrogens with zero attached hydrogens (tertiary/aromatic N) is 2. The van der Waals surface area contributed by atoms with E-state index in [0.29, 0.717) is 5.56 Å². The number of aryl methyl sites for hydroxylation is 1. The molecular formula is C24H25N3O3. The van der Waals surface area contributed by atoms with Gasteiger partial charge in [-0.1, -0.05) is 18.2 Å². The molecule has 5 rings (SSSR count). The highest BCUT2D eigenvalue weighted by atomic mass is 16.5. The number of nitrogens with one attached hydrogen (secondary N) is 1. The maximum atomic E-state index is 13.3. The van der Waals surface area contributed by atoms with Crippen LogP contribution in [0.4, 0.5) is 11.4 Å². The molecule has 3 heterocycles. The second-order valence-corrected chi connectivity index (χ2v) is 8.13. The van der Waals surface area contributed by atoms with Gasteiger partial charge in [0.2, 0.25) is 5.91 Å². The fraction of sp³-hybridized carbons (Fsp3) is 0.333. The zero-order valence-electron chi connectivity index (χ0n) is 17.3. The first kappa shape index (κ1) is 18.7. The number of rotatable bonds is 3. The Morgan fingerprint density at radius 3 is 2.57 bits per heavy atom. The van der Waals surface area contributed by atoms with Crippen molar-refractivity contribution in [3.8, 4) is 5.75 Å². The Labute approximate surface area is 175 Å². The first-order valence-electron chi connectivity index (χ1n) is 10.4. The fourth-order valence-electron chi connectivity index (χ4n) is 4.82. The second kappa shape index (κ2) is 7.20. The number of benzene rings is 2. The number of hydrogen-bond donors (Lipinski definition) is 1. The molecule has 1 atom stereocenters. The number of aromatic nitrogens is 1. The van der Waals surface area contributed by atoms with Gasteiger partial charge in [0.05, 0.1) is 18.3 Å². The lowest BCUT2D eigenvalue weighted by Crippen LogP contribution is -2.30. The highest BCUT2D eigenvalue weighted by Gasteiger charge is 2.31. The molecule has 0 bridgehead atoms. The van der Waals surface area contributed by atoms with Crippen LogP contribution in [0.1, 0.15) is 36.3 Å². The van der Waals surface area contributed by atoms with Crippen molar-refractivity contribution in [1.82, 2.24) is 4.57 Å². The lowest BCUT2D eigenvalue weighted by atomic mass is 9.84. The quantitative estimate of drug-likeness (QED) is 0.726. The van der Waals surface area contributed by atoms with E-state index in [1.165, 1.54) is 0 Å². The standard InChI is InChI=1S/C24H25N3O3/c1-26-20-8-4-3-7-15(20)11-18(24(26)29)16-13-23(28)25-19-14-22(30-2)21(12-17(16)19)27-9-5-6-10-27/h3-4,7-8,11-12,14,16H,5-6,9-10,13H2,1-2H3,(H,25,28). The van der Waals surface area contributed by atoms with E-state index >= 15 is 0 Å². The van der Waals surface area contributed by atoms with E-state index in [0.717, 1.165) is 59.5 Å². The maximum Gasteiger partial charge on any atom is 0.254 e. The Kier molecular flexibility index (Phi) is 4.50. The molecule has 3 aromatic rings. The van der Waals surface area contributed by atoms with E-state index < -0.39 is 0 Å². The number of amides is 1. The first-order chi connectivity index (χ1) is 14.6. The van der Waals surface area contributed by atoms with Crippen LogP contribution in [-0.4, -0.2) is 30.7 Å². The van der Waals surface area contributed by atoms with Crippen molar-refractivity contribution in [1.29, 1.82) is 0 Å². The van der Waals surface area contributed by atoms with Crippen LogP contribution in [0.15, 0.2) is 47.3 Å². The molecule has 6 heteroatoms. The number of carbonyl (C=O) groups is 1. The molecule has 1 saturated heterocycles. The summed E-state index contributed by atoms with van der Waals surface area (Å²) in [6.07, 6.45) is 2.57. The van der Waals surface area contributed by atoms with E-state index in [2.05, 4.69) is 16.3 Å². The topological polar surface area (TPSA) is 63.6 Å². The largest absolute Gasteiger partial charge is 0.495 e. The Morgan fingerprint density at radius 2 is 1.80 bits per heavy atom. The van der Waals surface area contributed by atoms with Crippen LogP contribution >= 0.6 is 0 Å². The van der Waals surface area contributed by atoms with Crippen LogP contribution in [-0.2, 0) is 11.8 Å². The van der Waals surface area contributed by atoms with Crippen molar-refractivity contribution in [2.24, 2.45) is 7.05 Å². The van der Waals surface area contributed by atoms with Gasteiger partial charge in [0.15, 0.2) is 0 Å². The van der Waals surface area contributed by atoms with E-state index in [4.69, 9.17) is 4.74 Å². The number of carbonyl (C=O) groups excluding carboxylic acids is 1. The van der Waals surface area contributed by atoms with Crippen LogP contribution in [0.5, 0.6) is 5.75 Å². The summed E-state index contributed by atoms with van der Waals surface area (Å²) in [4.78, 5) is 28.1. The Morgan fingerprint density at radius 1 is 1.03 bits per heavy atom. The van der Waals surface area contributed by atoms with Gasteiger partial charge >= 0.3 is 0 Å². The van der Waals surface area contributed by atoms with Gasteiger partial charge in [-0.25, -0.2) is 0 Å². The minimum atomic E-state index is -0.288. The Balaban J connectivity index is 1.71. The third kappa shape index (κ3) is 2.95. The predicted molar refractivity (Wildman–Crippen MR) is 119 cm³/mol. The number of para-hydroxylation sites is 1. The van der Waals surface area contributed by atoms with Crippen molar-refractivity contribution in [3.05, 3.63) is 63.9 Å². The van der Waals surface area contributed by atoms with Gasteiger partial charge in [-0.2, -0.15) is 0 Å². The second-order valence-electron chi connectivity index (χ2n) is 8.13. The Hall–Kier alpha value is -3.28. The molecule has 1 N–H and O–H groups in total. The average Bonchev–Trinajstić information content (AvgIpc) is 3.29. The van der Waals surface area contributed by atoms with E-state index in [1.54, 1.807) is 18.7 Å². The number of hydrogen-bond acceptors (Lipinski definition) is 4. The molecule has 2 aromatic carbocycles. The van der Waals surface area contributed by atoms with E-state index in [-0.39, 0.29) is 23.8 Å². The summed E-state index contributed by atoms with van der Waals surface area (Å²) >= 11 is 0. The Bertz CT molecular complexity index is 1210. The molecule has 1 unspecified atom stereocenters. The third-order valence-corrected chi connectivity index (χ3v) is 6.37. The van der Waals surface area contributed by atoms with Gasteiger partial charge in [0, 0.05) is 49.8 Å². The predicted octanol–water partition coefficient (Wildman–Crippen LogP) is 3.62. The number of anilines is 2. The number of ether oxygens (including phenoxy) is 1. The number of pyridine rings is 1. The summed E-state index contributed by atoms with van der Waals surface area (Å²) in [6, 6.07) is 13.8. The van der Waals surface area contributed by atoms with Crippen molar-refractivity contribution < 1.29 is 9.53 Å². The van der Waals surface area contributed by atoms with Gasteiger partial charge < -0.3 is 19.5 Å². The van der Waals surface area contributed by atoms with Crippen molar-refractivity contribution in [2.45, 2.75) is 25.2 Å². The third-order valence-electron chi connectivity index (χ3n) is 6.37. The van der Waals surface area contributed by atoms with Crippen molar-refractivity contribution in [3.63, 3.8) is 0 Å². The lowest BCUT2D eigenvalue weighted by molar-refractivity contribution is -0.116. The molecule has 1 amide bonds. The summed E-state index contributed by atoms with van der Waals surface area (Å²) in [5, 5.41) is 3.97. The fourth-order valence-corrected chi connectivity index (χ4v) is 4.82. The normalized spacial score (nSPS) is 18.4. The smallest absolute Gasteiger partial charge is 0.254 e. The van der Waals surface area contributed by atoms with Crippen LogP contribution < -0.4 is 20.5 Å². The molecule has 0 radical (unpaired) electrons. The summed E-state index contributed by atoms with van der Waals surface area (Å²) in [5.74, 6) is 0.381. The molecule has 1 aromatic heterocycles. The molecular weight excluding hydrogens is 378 g/mol. The van der Waals surface area contributed by atoms with Crippen molar-refractivity contribution >= 4 is 28.2 Å². The molecule has 1 fully saturated rings. The monoisotopic (exact) mass is 403 g/mol. The van der Waals surface area contributed by atoms with Gasteiger partial charge in [-0.05, 0) is 42.0 Å². The summed E-state index contributed by atoms with van der Waals surface area (Å²) in [5.41, 5.74) is 4.23. The maximum absolute atomic E-state index is 13.3. The molecule has 0 saturated carbocycles. The minimum absolute atomic E-state index is 0.0575. The first-order valence-corrected chi connectivity index (χ1v) is 10.4.